The Labute approximate surface area is 180 Å². The highest BCUT2D eigenvalue weighted by Gasteiger charge is 2.09. The second kappa shape index (κ2) is 10.9. The number of oxime groups is 1. The molecule has 1 amide bonds. The summed E-state index contributed by atoms with van der Waals surface area (Å²) in [6.45, 7) is 0.490. The smallest absolute Gasteiger partial charge is 0.261 e. The van der Waals surface area contributed by atoms with E-state index in [0.29, 0.717) is 29.5 Å². The van der Waals surface area contributed by atoms with Crippen LogP contribution >= 0.6 is 11.6 Å². The summed E-state index contributed by atoms with van der Waals surface area (Å²) < 4.78 is 5.86. The number of amides is 1. The third kappa shape index (κ3) is 6.53. The Kier molecular flexibility index (Phi) is 7.69. The summed E-state index contributed by atoms with van der Waals surface area (Å²) >= 11 is 5.93. The van der Waals surface area contributed by atoms with Crippen molar-refractivity contribution in [3.8, 4) is 5.75 Å². The highest BCUT2D eigenvalue weighted by Crippen LogP contribution is 2.19. The summed E-state index contributed by atoms with van der Waals surface area (Å²) in [4.78, 5) is 17.1. The number of hydrogen-bond acceptors (Lipinski definition) is 4. The summed E-state index contributed by atoms with van der Waals surface area (Å²) in [5, 5.41) is 7.20. The quantitative estimate of drug-likeness (QED) is 0.311. The van der Waals surface area contributed by atoms with Crippen LogP contribution in [0.5, 0.6) is 5.75 Å². The highest BCUT2D eigenvalue weighted by molar-refractivity contribution is 6.30. The number of carbonyl (C=O) groups is 1. The largest absolute Gasteiger partial charge is 0.488 e. The van der Waals surface area contributed by atoms with Crippen molar-refractivity contribution in [1.29, 1.82) is 0 Å². The van der Waals surface area contributed by atoms with Crippen molar-refractivity contribution in [2.45, 2.75) is 13.2 Å². The number of nitrogens with two attached hydrogens (primary N) is 1. The predicted octanol–water partition coefficient (Wildman–Crippen LogP) is 3.87. The molecule has 0 unspecified atom stereocenters. The molecular formula is C23H22ClN3O3. The SMILES string of the molecule is N/C(=N\OCC(=O)NCc1cccc(Cl)c1)c1ccccc1OCc1ccccc1. The molecule has 0 saturated carbocycles. The topological polar surface area (TPSA) is 85.9 Å². The zero-order valence-electron chi connectivity index (χ0n) is 16.3. The molecule has 154 valence electrons. The van der Waals surface area contributed by atoms with Gasteiger partial charge >= 0.3 is 0 Å². The standard InChI is InChI=1S/C23H22ClN3O3/c24-19-10-6-9-18(13-19)14-26-22(28)16-30-27-23(25)20-11-4-5-12-21(20)29-15-17-7-2-1-3-8-17/h1-13H,14-16H2,(H2,25,27)(H,26,28). The maximum atomic E-state index is 11.9. The van der Waals surface area contributed by atoms with Crippen molar-refractivity contribution in [1.82, 2.24) is 5.32 Å². The Hall–Kier alpha value is -3.51. The second-order valence-electron chi connectivity index (χ2n) is 6.43. The number of benzene rings is 3. The molecule has 0 heterocycles. The maximum absolute atomic E-state index is 11.9. The monoisotopic (exact) mass is 423 g/mol. The van der Waals surface area contributed by atoms with Gasteiger partial charge in [-0.25, -0.2) is 0 Å². The van der Waals surface area contributed by atoms with Crippen LogP contribution in [0.3, 0.4) is 0 Å². The van der Waals surface area contributed by atoms with Gasteiger partial charge in [-0.15, -0.1) is 0 Å². The number of para-hydroxylation sites is 1. The zero-order chi connectivity index (χ0) is 21.2. The molecular weight excluding hydrogens is 402 g/mol. The van der Waals surface area contributed by atoms with Crippen molar-refractivity contribution < 1.29 is 14.4 Å². The third-order valence-electron chi connectivity index (χ3n) is 4.14. The number of nitrogens with one attached hydrogen (secondary N) is 1. The van der Waals surface area contributed by atoms with E-state index in [9.17, 15) is 4.79 Å². The number of halogens is 1. The van der Waals surface area contributed by atoms with Gasteiger partial charge in [0, 0.05) is 11.6 Å². The van der Waals surface area contributed by atoms with Gasteiger partial charge in [-0.2, -0.15) is 0 Å². The van der Waals surface area contributed by atoms with Crippen molar-refractivity contribution in [2.24, 2.45) is 10.9 Å². The Morgan fingerprint density at radius 1 is 0.967 bits per heavy atom. The predicted molar refractivity (Wildman–Crippen MR) is 117 cm³/mol. The molecule has 30 heavy (non-hydrogen) atoms. The van der Waals surface area contributed by atoms with E-state index < -0.39 is 0 Å². The van der Waals surface area contributed by atoms with E-state index in [1.807, 2.05) is 54.6 Å². The first-order chi connectivity index (χ1) is 14.6. The molecule has 3 aromatic rings. The molecule has 3 N–H and O–H groups in total. The van der Waals surface area contributed by atoms with Crippen LogP contribution in [0.25, 0.3) is 0 Å². The zero-order valence-corrected chi connectivity index (χ0v) is 17.0. The summed E-state index contributed by atoms with van der Waals surface area (Å²) in [6, 6.07) is 24.3. The lowest BCUT2D eigenvalue weighted by Gasteiger charge is -2.11. The van der Waals surface area contributed by atoms with Gasteiger partial charge in [-0.05, 0) is 35.4 Å². The molecule has 0 aliphatic heterocycles. The lowest BCUT2D eigenvalue weighted by molar-refractivity contribution is -0.125. The van der Waals surface area contributed by atoms with E-state index in [-0.39, 0.29) is 18.3 Å². The highest BCUT2D eigenvalue weighted by atomic mass is 35.5. The Balaban J connectivity index is 1.52. The fourth-order valence-corrected chi connectivity index (χ4v) is 2.86. The first-order valence-corrected chi connectivity index (χ1v) is 9.72. The Bertz CT molecular complexity index is 1010. The molecule has 0 atom stereocenters. The van der Waals surface area contributed by atoms with Crippen molar-refractivity contribution >= 4 is 23.3 Å². The lowest BCUT2D eigenvalue weighted by atomic mass is 10.2. The summed E-state index contributed by atoms with van der Waals surface area (Å²) in [5.41, 5.74) is 8.55. The minimum Gasteiger partial charge on any atom is -0.488 e. The van der Waals surface area contributed by atoms with Crippen molar-refractivity contribution in [3.63, 3.8) is 0 Å². The van der Waals surface area contributed by atoms with Gasteiger partial charge in [0.1, 0.15) is 12.4 Å². The van der Waals surface area contributed by atoms with Gasteiger partial charge < -0.3 is 20.6 Å². The minimum atomic E-state index is -0.319. The average Bonchev–Trinajstić information content (AvgIpc) is 2.77. The number of carbonyl (C=O) groups excluding carboxylic acids is 1. The molecule has 0 bridgehead atoms. The average molecular weight is 424 g/mol. The number of rotatable bonds is 9. The van der Waals surface area contributed by atoms with E-state index >= 15 is 0 Å². The number of hydrogen-bond donors (Lipinski definition) is 2. The van der Waals surface area contributed by atoms with E-state index in [1.54, 1.807) is 24.3 Å². The summed E-state index contributed by atoms with van der Waals surface area (Å²) in [7, 11) is 0. The van der Waals surface area contributed by atoms with E-state index in [2.05, 4.69) is 10.5 Å². The Morgan fingerprint density at radius 2 is 1.70 bits per heavy atom. The van der Waals surface area contributed by atoms with Crippen LogP contribution in [0.2, 0.25) is 5.02 Å². The molecule has 7 heteroatoms. The van der Waals surface area contributed by atoms with Crippen LogP contribution in [0.4, 0.5) is 0 Å². The van der Waals surface area contributed by atoms with Crippen LogP contribution in [0.15, 0.2) is 84.0 Å². The fraction of sp³-hybridized carbons (Fsp3) is 0.130. The first-order valence-electron chi connectivity index (χ1n) is 9.34. The first kappa shape index (κ1) is 21.2. The number of amidine groups is 1. The molecule has 0 fully saturated rings. The molecule has 3 aromatic carbocycles. The van der Waals surface area contributed by atoms with Crippen molar-refractivity contribution in [3.05, 3.63) is 101 Å². The number of ether oxygens (including phenoxy) is 1. The number of nitrogens with zero attached hydrogens (tertiary/aromatic N) is 1. The van der Waals surface area contributed by atoms with Gasteiger partial charge in [0.15, 0.2) is 12.4 Å². The second-order valence-corrected chi connectivity index (χ2v) is 6.86. The third-order valence-corrected chi connectivity index (χ3v) is 4.37. The van der Waals surface area contributed by atoms with Gasteiger partial charge in [0.2, 0.25) is 0 Å². The van der Waals surface area contributed by atoms with Crippen LogP contribution in [-0.2, 0) is 22.8 Å². The molecule has 0 radical (unpaired) electrons. The Morgan fingerprint density at radius 3 is 2.50 bits per heavy atom. The van der Waals surface area contributed by atoms with E-state index in [0.717, 1.165) is 11.1 Å². The van der Waals surface area contributed by atoms with Gasteiger partial charge in [0.05, 0.1) is 5.56 Å². The molecule has 0 saturated heterocycles. The maximum Gasteiger partial charge on any atom is 0.261 e. The van der Waals surface area contributed by atoms with Crippen LogP contribution < -0.4 is 15.8 Å². The molecule has 3 rings (SSSR count). The molecule has 0 spiro atoms. The van der Waals surface area contributed by atoms with Gasteiger partial charge in [-0.3, -0.25) is 4.79 Å². The summed E-state index contributed by atoms with van der Waals surface area (Å²) in [6.07, 6.45) is 0. The summed E-state index contributed by atoms with van der Waals surface area (Å²) in [5.74, 6) is 0.387. The van der Waals surface area contributed by atoms with E-state index in [1.165, 1.54) is 0 Å². The van der Waals surface area contributed by atoms with Crippen molar-refractivity contribution in [2.75, 3.05) is 6.61 Å². The lowest BCUT2D eigenvalue weighted by Crippen LogP contribution is -2.27. The van der Waals surface area contributed by atoms with Crippen LogP contribution in [-0.4, -0.2) is 18.3 Å². The minimum absolute atomic E-state index is 0.126. The molecule has 6 nitrogen and oxygen atoms in total. The van der Waals surface area contributed by atoms with Gasteiger partial charge in [-0.1, -0.05) is 71.4 Å². The molecule has 0 aromatic heterocycles. The van der Waals surface area contributed by atoms with Gasteiger partial charge in [0.25, 0.3) is 5.91 Å². The van der Waals surface area contributed by atoms with Crippen LogP contribution in [0, 0.1) is 0 Å². The molecule has 0 aliphatic rings. The fourth-order valence-electron chi connectivity index (χ4n) is 2.65. The van der Waals surface area contributed by atoms with Crippen LogP contribution in [0.1, 0.15) is 16.7 Å². The normalized spacial score (nSPS) is 11.0. The van der Waals surface area contributed by atoms with E-state index in [4.69, 9.17) is 26.9 Å². The molecule has 0 aliphatic carbocycles.